The quantitative estimate of drug-likeness (QED) is 0.836. The molecule has 1 aromatic carbocycles. The molecule has 5 nitrogen and oxygen atoms in total. The van der Waals surface area contributed by atoms with Crippen molar-refractivity contribution in [3.63, 3.8) is 0 Å². The number of rotatable bonds is 5. The predicted octanol–water partition coefficient (Wildman–Crippen LogP) is 3.08. The highest BCUT2D eigenvalue weighted by atomic mass is 32.2. The van der Waals surface area contributed by atoms with Gasteiger partial charge in [-0.1, -0.05) is 12.1 Å². The summed E-state index contributed by atoms with van der Waals surface area (Å²) in [6.45, 7) is 1.30. The lowest BCUT2D eigenvalue weighted by atomic mass is 10.1. The summed E-state index contributed by atoms with van der Waals surface area (Å²) in [5, 5.41) is 0. The minimum Gasteiger partial charge on any atom is -0.493 e. The van der Waals surface area contributed by atoms with Crippen LogP contribution in [0.1, 0.15) is 19.3 Å². The number of pyridine rings is 1. The Bertz CT molecular complexity index is 830. The van der Waals surface area contributed by atoms with Gasteiger partial charge in [-0.3, -0.25) is 4.31 Å². The summed E-state index contributed by atoms with van der Waals surface area (Å²) in [6, 6.07) is 11.7. The van der Waals surface area contributed by atoms with Crippen molar-refractivity contribution < 1.29 is 13.2 Å². The summed E-state index contributed by atoms with van der Waals surface area (Å²) >= 11 is 0. The van der Waals surface area contributed by atoms with Crippen molar-refractivity contribution in [2.24, 2.45) is 5.92 Å². The number of nitrogens with zero attached hydrogens (tertiary/aromatic N) is 2. The third-order valence-corrected chi connectivity index (χ3v) is 6.32. The number of hydrogen-bond donors (Lipinski definition) is 0. The zero-order chi connectivity index (χ0) is 16.6. The SMILES string of the molecule is O=S1(=O)CCCN1c1cc(-c2ccc(OCC3CC3)cc2)ccn1. The molecule has 0 amide bonds. The van der Waals surface area contributed by atoms with Gasteiger partial charge in [0.15, 0.2) is 0 Å². The lowest BCUT2D eigenvalue weighted by Crippen LogP contribution is -2.25. The van der Waals surface area contributed by atoms with E-state index in [1.807, 2.05) is 36.4 Å². The highest BCUT2D eigenvalue weighted by molar-refractivity contribution is 7.93. The Kier molecular flexibility index (Phi) is 3.92. The van der Waals surface area contributed by atoms with E-state index < -0.39 is 10.0 Å². The summed E-state index contributed by atoms with van der Waals surface area (Å²) in [7, 11) is -3.20. The molecule has 24 heavy (non-hydrogen) atoms. The van der Waals surface area contributed by atoms with Gasteiger partial charge in [0.2, 0.25) is 10.0 Å². The number of hydrogen-bond acceptors (Lipinski definition) is 4. The molecular formula is C18H20N2O3S. The van der Waals surface area contributed by atoms with Crippen LogP contribution in [0.2, 0.25) is 0 Å². The van der Waals surface area contributed by atoms with Crippen LogP contribution < -0.4 is 9.04 Å². The normalized spacial score (nSPS) is 19.4. The van der Waals surface area contributed by atoms with E-state index in [0.717, 1.165) is 29.4 Å². The van der Waals surface area contributed by atoms with Crippen molar-refractivity contribution in [2.75, 3.05) is 23.2 Å². The molecule has 1 aromatic heterocycles. The number of anilines is 1. The highest BCUT2D eigenvalue weighted by Crippen LogP contribution is 2.31. The Balaban J connectivity index is 1.54. The van der Waals surface area contributed by atoms with Gasteiger partial charge in [0.1, 0.15) is 11.6 Å². The molecule has 2 aliphatic rings. The monoisotopic (exact) mass is 344 g/mol. The molecule has 1 saturated carbocycles. The predicted molar refractivity (Wildman–Crippen MR) is 93.6 cm³/mol. The Labute approximate surface area is 142 Å². The molecule has 6 heteroatoms. The van der Waals surface area contributed by atoms with Crippen LogP contribution in [0.4, 0.5) is 5.82 Å². The van der Waals surface area contributed by atoms with E-state index in [4.69, 9.17) is 4.74 Å². The van der Waals surface area contributed by atoms with Crippen LogP contribution in [0.25, 0.3) is 11.1 Å². The van der Waals surface area contributed by atoms with Crippen LogP contribution in [0, 0.1) is 5.92 Å². The standard InChI is InChI=1S/C18H20N2O3S/c21-24(22)11-1-10-20(24)18-12-16(8-9-19-18)15-4-6-17(7-5-15)23-13-14-2-3-14/h4-9,12,14H,1-3,10-11,13H2. The van der Waals surface area contributed by atoms with Crippen molar-refractivity contribution in [3.05, 3.63) is 42.6 Å². The first kappa shape index (κ1) is 15.4. The van der Waals surface area contributed by atoms with E-state index in [2.05, 4.69) is 4.98 Å². The molecule has 0 spiro atoms. The Hall–Kier alpha value is -2.08. The molecule has 1 saturated heterocycles. The van der Waals surface area contributed by atoms with Crippen molar-refractivity contribution in [2.45, 2.75) is 19.3 Å². The summed E-state index contributed by atoms with van der Waals surface area (Å²) in [4.78, 5) is 4.24. The molecule has 0 atom stereocenters. The maximum Gasteiger partial charge on any atom is 0.236 e. The maximum atomic E-state index is 12.1. The fourth-order valence-electron chi connectivity index (χ4n) is 2.87. The summed E-state index contributed by atoms with van der Waals surface area (Å²) in [5.41, 5.74) is 1.98. The second kappa shape index (κ2) is 6.09. The van der Waals surface area contributed by atoms with Gasteiger partial charge in [-0.2, -0.15) is 0 Å². The van der Waals surface area contributed by atoms with Crippen LogP contribution in [-0.2, 0) is 10.0 Å². The number of sulfonamides is 1. The zero-order valence-corrected chi connectivity index (χ0v) is 14.2. The average Bonchev–Trinajstić information content (AvgIpc) is 3.35. The van der Waals surface area contributed by atoms with Crippen molar-refractivity contribution in [1.29, 1.82) is 0 Å². The van der Waals surface area contributed by atoms with Crippen molar-refractivity contribution in [1.82, 2.24) is 4.98 Å². The average molecular weight is 344 g/mol. The Morgan fingerprint density at radius 2 is 1.92 bits per heavy atom. The van der Waals surface area contributed by atoms with Crippen LogP contribution in [0.15, 0.2) is 42.6 Å². The van der Waals surface area contributed by atoms with Gasteiger partial charge < -0.3 is 4.74 Å². The molecule has 2 aromatic rings. The van der Waals surface area contributed by atoms with Crippen LogP contribution in [0.5, 0.6) is 5.75 Å². The van der Waals surface area contributed by atoms with E-state index >= 15 is 0 Å². The van der Waals surface area contributed by atoms with Crippen LogP contribution in [0.3, 0.4) is 0 Å². The molecule has 0 N–H and O–H groups in total. The van der Waals surface area contributed by atoms with Crippen LogP contribution >= 0.6 is 0 Å². The van der Waals surface area contributed by atoms with E-state index in [0.29, 0.717) is 18.8 Å². The van der Waals surface area contributed by atoms with E-state index in [9.17, 15) is 8.42 Å². The highest BCUT2D eigenvalue weighted by Gasteiger charge is 2.29. The molecule has 0 bridgehead atoms. The van der Waals surface area contributed by atoms with Gasteiger partial charge in [-0.05, 0) is 60.6 Å². The first-order chi connectivity index (χ1) is 11.6. The largest absolute Gasteiger partial charge is 0.493 e. The Morgan fingerprint density at radius 1 is 1.12 bits per heavy atom. The van der Waals surface area contributed by atoms with E-state index in [1.165, 1.54) is 17.1 Å². The smallest absolute Gasteiger partial charge is 0.236 e. The molecule has 1 aliphatic carbocycles. The third kappa shape index (κ3) is 3.24. The van der Waals surface area contributed by atoms with E-state index in [-0.39, 0.29) is 5.75 Å². The lowest BCUT2D eigenvalue weighted by molar-refractivity contribution is 0.300. The first-order valence-electron chi connectivity index (χ1n) is 8.31. The van der Waals surface area contributed by atoms with Gasteiger partial charge in [-0.15, -0.1) is 0 Å². The lowest BCUT2D eigenvalue weighted by Gasteiger charge is -2.16. The maximum absolute atomic E-state index is 12.1. The molecule has 2 fully saturated rings. The van der Waals surface area contributed by atoms with E-state index in [1.54, 1.807) is 6.20 Å². The molecule has 2 heterocycles. The first-order valence-corrected chi connectivity index (χ1v) is 9.92. The summed E-state index contributed by atoms with van der Waals surface area (Å²) in [6.07, 6.45) is 4.87. The number of aromatic nitrogens is 1. The second-order valence-electron chi connectivity index (χ2n) is 6.42. The molecule has 4 rings (SSSR count). The Morgan fingerprint density at radius 3 is 2.58 bits per heavy atom. The minimum absolute atomic E-state index is 0.200. The summed E-state index contributed by atoms with van der Waals surface area (Å²) in [5.74, 6) is 2.31. The molecule has 1 aliphatic heterocycles. The van der Waals surface area contributed by atoms with Gasteiger partial charge in [0, 0.05) is 12.7 Å². The fourth-order valence-corrected chi connectivity index (χ4v) is 4.38. The topological polar surface area (TPSA) is 59.5 Å². The van der Waals surface area contributed by atoms with Crippen molar-refractivity contribution in [3.8, 4) is 16.9 Å². The number of ether oxygens (including phenoxy) is 1. The number of benzene rings is 1. The third-order valence-electron chi connectivity index (χ3n) is 4.47. The van der Waals surface area contributed by atoms with Crippen molar-refractivity contribution >= 4 is 15.8 Å². The zero-order valence-electron chi connectivity index (χ0n) is 13.4. The van der Waals surface area contributed by atoms with Gasteiger partial charge in [0.25, 0.3) is 0 Å². The van der Waals surface area contributed by atoms with Gasteiger partial charge in [-0.25, -0.2) is 13.4 Å². The molecule has 0 unspecified atom stereocenters. The molecular weight excluding hydrogens is 324 g/mol. The van der Waals surface area contributed by atoms with Gasteiger partial charge in [0.05, 0.1) is 12.4 Å². The summed E-state index contributed by atoms with van der Waals surface area (Å²) < 4.78 is 31.3. The van der Waals surface area contributed by atoms with Gasteiger partial charge >= 0.3 is 0 Å². The fraction of sp³-hybridized carbons (Fsp3) is 0.389. The van der Waals surface area contributed by atoms with Crippen LogP contribution in [-0.4, -0.2) is 32.3 Å². The molecule has 0 radical (unpaired) electrons. The molecule has 126 valence electrons. The minimum atomic E-state index is -3.20. The second-order valence-corrected chi connectivity index (χ2v) is 8.44.